The number of halogens is 1. The molecule has 1 fully saturated rings. The number of ether oxygens (including phenoxy) is 1. The molecule has 0 aromatic rings. The number of rotatable bonds is 6. The second-order valence-electron chi connectivity index (χ2n) is 6.75. The quantitative estimate of drug-likeness (QED) is 0.547. The van der Waals surface area contributed by atoms with Crippen LogP contribution >= 0.6 is 11.6 Å². The largest absolute Gasteiger partial charge is 0.465 e. The van der Waals surface area contributed by atoms with Crippen LogP contribution in [-0.4, -0.2) is 18.4 Å². The maximum Gasteiger partial charge on any atom is 0.310 e. The SMILES string of the molecule is C=CCC1=C(C)C(COC(=O)[C@H]2[C@@H](/C=C/Cl)C2(C)C)CC1=O. The molecule has 1 saturated carbocycles. The molecule has 0 spiro atoms. The van der Waals surface area contributed by atoms with E-state index in [1.807, 2.05) is 26.8 Å². The first-order chi connectivity index (χ1) is 10.3. The molecule has 0 bridgehead atoms. The van der Waals surface area contributed by atoms with Crippen LogP contribution in [0.15, 0.2) is 35.4 Å². The highest BCUT2D eigenvalue weighted by Crippen LogP contribution is 2.59. The fourth-order valence-electron chi connectivity index (χ4n) is 3.41. The summed E-state index contributed by atoms with van der Waals surface area (Å²) in [7, 11) is 0. The average molecular weight is 323 g/mol. The highest BCUT2D eigenvalue weighted by molar-refractivity contribution is 6.25. The molecule has 2 aliphatic carbocycles. The van der Waals surface area contributed by atoms with Gasteiger partial charge in [-0.05, 0) is 30.3 Å². The lowest BCUT2D eigenvalue weighted by Crippen LogP contribution is -2.17. The van der Waals surface area contributed by atoms with Crippen LogP contribution in [0.4, 0.5) is 0 Å². The zero-order valence-electron chi connectivity index (χ0n) is 13.4. The van der Waals surface area contributed by atoms with Crippen LogP contribution < -0.4 is 0 Å². The minimum atomic E-state index is -0.192. The first-order valence-electron chi connectivity index (χ1n) is 7.61. The lowest BCUT2D eigenvalue weighted by atomic mass is 10.0. The zero-order chi connectivity index (χ0) is 16.5. The molecule has 0 saturated heterocycles. The number of hydrogen-bond donors (Lipinski definition) is 0. The summed E-state index contributed by atoms with van der Waals surface area (Å²) in [5.74, 6) is -0.0437. The van der Waals surface area contributed by atoms with Crippen molar-refractivity contribution in [3.05, 3.63) is 35.4 Å². The number of allylic oxidation sites excluding steroid dienone is 3. The maximum absolute atomic E-state index is 12.2. The number of carbonyl (C=O) groups excluding carboxylic acids is 2. The van der Waals surface area contributed by atoms with E-state index in [0.717, 1.165) is 11.1 Å². The summed E-state index contributed by atoms with van der Waals surface area (Å²) in [6, 6.07) is 0. The minimum Gasteiger partial charge on any atom is -0.465 e. The molecule has 0 aromatic carbocycles. The Hall–Kier alpha value is -1.35. The molecule has 3 nitrogen and oxygen atoms in total. The van der Waals surface area contributed by atoms with Crippen LogP contribution in [0.3, 0.4) is 0 Å². The first kappa shape index (κ1) is 17.0. The zero-order valence-corrected chi connectivity index (χ0v) is 14.2. The molecule has 2 aliphatic rings. The summed E-state index contributed by atoms with van der Waals surface area (Å²) in [6.45, 7) is 9.97. The third-order valence-electron chi connectivity index (χ3n) is 5.08. The summed E-state index contributed by atoms with van der Waals surface area (Å²) in [6.07, 6.45) is 4.61. The third kappa shape index (κ3) is 3.05. The Balaban J connectivity index is 1.93. The number of carbonyl (C=O) groups is 2. The molecule has 2 rings (SSSR count). The number of Topliss-reactive ketones (excluding diaryl/α,β-unsaturated/α-hetero) is 1. The number of esters is 1. The average Bonchev–Trinajstić information content (AvgIpc) is 2.89. The molecular weight excluding hydrogens is 300 g/mol. The molecule has 22 heavy (non-hydrogen) atoms. The van der Waals surface area contributed by atoms with Crippen LogP contribution in [0.1, 0.15) is 33.6 Å². The fraction of sp³-hybridized carbons (Fsp3) is 0.556. The van der Waals surface area contributed by atoms with Gasteiger partial charge in [0, 0.05) is 17.9 Å². The highest BCUT2D eigenvalue weighted by Gasteiger charge is 2.61. The van der Waals surface area contributed by atoms with Crippen molar-refractivity contribution in [3.63, 3.8) is 0 Å². The van der Waals surface area contributed by atoms with Crippen LogP contribution in [-0.2, 0) is 14.3 Å². The molecule has 0 amide bonds. The minimum absolute atomic E-state index is 0.00952. The number of ketones is 1. The Morgan fingerprint density at radius 3 is 2.77 bits per heavy atom. The van der Waals surface area contributed by atoms with Gasteiger partial charge in [0.25, 0.3) is 0 Å². The van der Waals surface area contributed by atoms with Crippen LogP contribution in [0.2, 0.25) is 0 Å². The van der Waals surface area contributed by atoms with Crippen molar-refractivity contribution in [3.8, 4) is 0 Å². The van der Waals surface area contributed by atoms with Gasteiger partial charge in [-0.1, -0.05) is 43.2 Å². The van der Waals surface area contributed by atoms with Gasteiger partial charge in [0.1, 0.15) is 0 Å². The van der Waals surface area contributed by atoms with E-state index in [2.05, 4.69) is 6.58 Å². The van der Waals surface area contributed by atoms with Crippen molar-refractivity contribution >= 4 is 23.4 Å². The summed E-state index contributed by atoms with van der Waals surface area (Å²) < 4.78 is 5.48. The smallest absolute Gasteiger partial charge is 0.310 e. The van der Waals surface area contributed by atoms with E-state index in [1.165, 1.54) is 5.54 Å². The number of hydrogen-bond acceptors (Lipinski definition) is 3. The van der Waals surface area contributed by atoms with E-state index >= 15 is 0 Å². The predicted octanol–water partition coefficient (Wildman–Crippen LogP) is 4.04. The normalized spacial score (nSPS) is 30.0. The predicted molar refractivity (Wildman–Crippen MR) is 87.3 cm³/mol. The lowest BCUT2D eigenvalue weighted by Gasteiger charge is -2.12. The monoisotopic (exact) mass is 322 g/mol. The summed E-state index contributed by atoms with van der Waals surface area (Å²) in [4.78, 5) is 24.2. The molecule has 120 valence electrons. The standard InChI is InChI=1S/C18H23ClO3/c1-5-6-13-11(2)12(9-15(13)20)10-22-17(21)16-14(7-8-19)18(16,3)4/h5,7-8,12,14,16H,1,6,9-10H2,2-4H3/b8-7+/t12?,14-,16-/m1/s1. The third-order valence-corrected chi connectivity index (χ3v) is 5.22. The van der Waals surface area contributed by atoms with Crippen molar-refractivity contribution in [2.45, 2.75) is 33.6 Å². The second-order valence-corrected chi connectivity index (χ2v) is 7.00. The second kappa shape index (κ2) is 6.41. The molecule has 0 radical (unpaired) electrons. The van der Waals surface area contributed by atoms with Gasteiger partial charge in [0.05, 0.1) is 12.5 Å². The molecule has 0 aromatic heterocycles. The lowest BCUT2D eigenvalue weighted by molar-refractivity contribution is -0.147. The van der Waals surface area contributed by atoms with E-state index in [1.54, 1.807) is 6.08 Å². The van der Waals surface area contributed by atoms with Gasteiger partial charge in [-0.2, -0.15) is 0 Å². The van der Waals surface area contributed by atoms with Crippen LogP contribution in [0.25, 0.3) is 0 Å². The Kier molecular flexibility index (Phi) is 4.96. The molecule has 1 unspecified atom stereocenters. The van der Waals surface area contributed by atoms with E-state index in [4.69, 9.17) is 16.3 Å². The van der Waals surface area contributed by atoms with Gasteiger partial charge < -0.3 is 4.74 Å². The fourth-order valence-corrected chi connectivity index (χ4v) is 3.56. The van der Waals surface area contributed by atoms with E-state index in [9.17, 15) is 9.59 Å². The topological polar surface area (TPSA) is 43.4 Å². The molecule has 0 aliphatic heterocycles. The van der Waals surface area contributed by atoms with Gasteiger partial charge in [0.15, 0.2) is 5.78 Å². The summed E-state index contributed by atoms with van der Waals surface area (Å²) >= 11 is 5.61. The van der Waals surface area contributed by atoms with Crippen molar-refractivity contribution in [1.82, 2.24) is 0 Å². The molecule has 0 N–H and O–H groups in total. The Labute approximate surface area is 137 Å². The molecule has 3 atom stereocenters. The molecular formula is C18H23ClO3. The van der Waals surface area contributed by atoms with Gasteiger partial charge in [-0.25, -0.2) is 0 Å². The van der Waals surface area contributed by atoms with Gasteiger partial charge in [0.2, 0.25) is 0 Å². The summed E-state index contributed by atoms with van der Waals surface area (Å²) in [5, 5.41) is 0. The maximum atomic E-state index is 12.2. The Morgan fingerprint density at radius 1 is 1.50 bits per heavy atom. The van der Waals surface area contributed by atoms with E-state index < -0.39 is 0 Å². The van der Waals surface area contributed by atoms with Crippen molar-refractivity contribution in [1.29, 1.82) is 0 Å². The Bertz CT molecular complexity index is 557. The Morgan fingerprint density at radius 2 is 2.18 bits per heavy atom. The van der Waals surface area contributed by atoms with Gasteiger partial charge in [-0.3, -0.25) is 9.59 Å². The van der Waals surface area contributed by atoms with Gasteiger partial charge in [-0.15, -0.1) is 6.58 Å². The van der Waals surface area contributed by atoms with Crippen molar-refractivity contribution in [2.24, 2.45) is 23.2 Å². The first-order valence-corrected chi connectivity index (χ1v) is 8.05. The molecule has 0 heterocycles. The van der Waals surface area contributed by atoms with E-state index in [-0.39, 0.29) is 41.5 Å². The van der Waals surface area contributed by atoms with Crippen molar-refractivity contribution in [2.75, 3.05) is 6.61 Å². The highest BCUT2D eigenvalue weighted by atomic mass is 35.5. The van der Waals surface area contributed by atoms with Crippen LogP contribution in [0, 0.1) is 23.2 Å². The molecule has 4 heteroatoms. The van der Waals surface area contributed by atoms with Crippen LogP contribution in [0.5, 0.6) is 0 Å². The van der Waals surface area contributed by atoms with Gasteiger partial charge >= 0.3 is 5.97 Å². The van der Waals surface area contributed by atoms with Crippen molar-refractivity contribution < 1.29 is 14.3 Å². The van der Waals surface area contributed by atoms with E-state index in [0.29, 0.717) is 12.8 Å². The summed E-state index contributed by atoms with van der Waals surface area (Å²) in [5.41, 5.74) is 3.21.